The minimum Gasteiger partial charge on any atom is -0.462 e. The third kappa shape index (κ3) is 7.70. The molecule has 0 unspecified atom stereocenters. The molecule has 0 amide bonds. The largest absolute Gasteiger partial charge is 0.462 e. The number of hydrogen-bond donors (Lipinski definition) is 2. The van der Waals surface area contributed by atoms with E-state index in [2.05, 4.69) is 31.4 Å². The van der Waals surface area contributed by atoms with Crippen LogP contribution in [0.3, 0.4) is 0 Å². The summed E-state index contributed by atoms with van der Waals surface area (Å²) in [6.45, 7) is 11.5. The van der Waals surface area contributed by atoms with Crippen molar-refractivity contribution in [3.05, 3.63) is 29.3 Å². The molecule has 4 nitrogen and oxygen atoms in total. The first kappa shape index (κ1) is 19.8. The Kier molecular flexibility index (Phi) is 7.85. The minimum atomic E-state index is -0.323. The van der Waals surface area contributed by atoms with Crippen LogP contribution in [0.5, 0.6) is 0 Å². The van der Waals surface area contributed by atoms with Gasteiger partial charge in [-0.3, -0.25) is 0 Å². The molecule has 0 heterocycles. The third-order valence-electron chi connectivity index (χ3n) is 2.92. The molecule has 0 aromatic heterocycles. The number of carbonyl (C=O) groups is 1. The average molecular weight is 355 g/mol. The van der Waals surface area contributed by atoms with Gasteiger partial charge in [0, 0.05) is 22.7 Å². The number of hydrogen-bond acceptors (Lipinski definition) is 4. The molecule has 0 atom stereocenters. The lowest BCUT2D eigenvalue weighted by Crippen LogP contribution is -2.31. The van der Waals surface area contributed by atoms with E-state index in [4.69, 9.17) is 17.0 Å². The lowest BCUT2D eigenvalue weighted by Gasteiger charge is -2.18. The molecule has 2 N–H and O–H groups in total. The molecule has 23 heavy (non-hydrogen) atoms. The molecule has 0 aliphatic carbocycles. The number of thioether (sulfide) groups is 1. The molecule has 1 rings (SSSR count). The van der Waals surface area contributed by atoms with Crippen LogP contribution < -0.4 is 10.6 Å². The molecule has 1 aromatic rings. The normalized spacial score (nSPS) is 11.0. The van der Waals surface area contributed by atoms with Gasteiger partial charge in [0.2, 0.25) is 0 Å². The molecule has 0 radical (unpaired) electrons. The predicted molar refractivity (Wildman–Crippen MR) is 104 cm³/mol. The minimum absolute atomic E-state index is 0.251. The molecule has 0 aliphatic heterocycles. The van der Waals surface area contributed by atoms with Crippen LogP contribution in [0.1, 0.15) is 43.6 Å². The standard InChI is InChI=1S/C17H26N2O2S2/c1-6-21-15(20)13-8-7-12(2)14(11-13)19-16(22)18-9-10-23-17(3,4)5/h7-8,11H,6,9-10H2,1-5H3,(H2,18,19,22). The van der Waals surface area contributed by atoms with Gasteiger partial charge < -0.3 is 15.4 Å². The van der Waals surface area contributed by atoms with Gasteiger partial charge in [-0.2, -0.15) is 11.8 Å². The summed E-state index contributed by atoms with van der Waals surface area (Å²) in [5.41, 5.74) is 2.36. The van der Waals surface area contributed by atoms with E-state index >= 15 is 0 Å². The maximum atomic E-state index is 11.8. The number of carbonyl (C=O) groups excluding carboxylic acids is 1. The number of thiocarbonyl (C=S) groups is 1. The van der Waals surface area contributed by atoms with E-state index in [0.29, 0.717) is 17.3 Å². The average Bonchev–Trinajstić information content (AvgIpc) is 2.45. The fraction of sp³-hybridized carbons (Fsp3) is 0.529. The van der Waals surface area contributed by atoms with Crippen molar-refractivity contribution < 1.29 is 9.53 Å². The fourth-order valence-corrected chi connectivity index (χ4v) is 2.81. The smallest absolute Gasteiger partial charge is 0.338 e. The third-order valence-corrected chi connectivity index (χ3v) is 4.44. The molecule has 0 fully saturated rings. The van der Waals surface area contributed by atoms with E-state index in [-0.39, 0.29) is 10.7 Å². The molecular weight excluding hydrogens is 328 g/mol. The Morgan fingerprint density at radius 1 is 1.35 bits per heavy atom. The Morgan fingerprint density at radius 2 is 2.04 bits per heavy atom. The molecule has 128 valence electrons. The van der Waals surface area contributed by atoms with Crippen molar-refractivity contribution >= 4 is 40.7 Å². The van der Waals surface area contributed by atoms with Gasteiger partial charge in [0.05, 0.1) is 12.2 Å². The van der Waals surface area contributed by atoms with Crippen molar-refractivity contribution in [2.75, 3.05) is 24.2 Å². The van der Waals surface area contributed by atoms with Crippen molar-refractivity contribution in [1.29, 1.82) is 0 Å². The summed E-state index contributed by atoms with van der Waals surface area (Å²) in [6.07, 6.45) is 0. The highest BCUT2D eigenvalue weighted by Gasteiger charge is 2.11. The first-order valence-electron chi connectivity index (χ1n) is 7.69. The molecule has 6 heteroatoms. The first-order valence-corrected chi connectivity index (χ1v) is 9.09. The Bertz CT molecular complexity index is 554. The van der Waals surface area contributed by atoms with Gasteiger partial charge in [0.15, 0.2) is 5.11 Å². The van der Waals surface area contributed by atoms with Crippen LogP contribution in [0.15, 0.2) is 18.2 Å². The van der Waals surface area contributed by atoms with Gasteiger partial charge in [0.1, 0.15) is 0 Å². The number of esters is 1. The van der Waals surface area contributed by atoms with E-state index in [9.17, 15) is 4.79 Å². The van der Waals surface area contributed by atoms with Crippen molar-refractivity contribution in [3.8, 4) is 0 Å². The van der Waals surface area contributed by atoms with E-state index < -0.39 is 0 Å². The molecule has 1 aromatic carbocycles. The van der Waals surface area contributed by atoms with Crippen LogP contribution in [0, 0.1) is 6.92 Å². The Hall–Kier alpha value is -1.27. The molecule has 0 saturated carbocycles. The van der Waals surface area contributed by atoms with Crippen LogP contribution in [-0.4, -0.2) is 34.7 Å². The molecule has 0 spiro atoms. The van der Waals surface area contributed by atoms with Crippen molar-refractivity contribution in [1.82, 2.24) is 5.32 Å². The maximum absolute atomic E-state index is 11.8. The zero-order valence-corrected chi connectivity index (χ0v) is 16.1. The van der Waals surface area contributed by atoms with E-state index in [1.165, 1.54) is 0 Å². The number of anilines is 1. The highest BCUT2D eigenvalue weighted by Crippen LogP contribution is 2.22. The van der Waals surface area contributed by atoms with Crippen LogP contribution in [0.25, 0.3) is 0 Å². The summed E-state index contributed by atoms with van der Waals surface area (Å²) in [5, 5.41) is 6.90. The molecule has 0 bridgehead atoms. The Labute approximate surface area is 148 Å². The lowest BCUT2D eigenvalue weighted by atomic mass is 10.1. The zero-order chi connectivity index (χ0) is 17.5. The quantitative estimate of drug-likeness (QED) is 0.458. The van der Waals surface area contributed by atoms with Crippen molar-refractivity contribution in [2.45, 2.75) is 39.4 Å². The summed E-state index contributed by atoms with van der Waals surface area (Å²) in [5.74, 6) is 0.656. The molecule has 0 saturated heterocycles. The van der Waals surface area contributed by atoms with E-state index in [1.54, 1.807) is 19.1 Å². The van der Waals surface area contributed by atoms with Crippen LogP contribution >= 0.6 is 24.0 Å². The van der Waals surface area contributed by atoms with Gasteiger partial charge >= 0.3 is 5.97 Å². The number of aryl methyl sites for hydroxylation is 1. The van der Waals surface area contributed by atoms with E-state index in [0.717, 1.165) is 23.5 Å². The summed E-state index contributed by atoms with van der Waals surface area (Å²) in [4.78, 5) is 11.8. The van der Waals surface area contributed by atoms with E-state index in [1.807, 2.05) is 24.8 Å². The second-order valence-corrected chi connectivity index (χ2v) is 8.42. The monoisotopic (exact) mass is 354 g/mol. The molecular formula is C17H26N2O2S2. The Balaban J connectivity index is 2.57. The number of benzene rings is 1. The SMILES string of the molecule is CCOC(=O)c1ccc(C)c(NC(=S)NCCSC(C)(C)C)c1. The number of nitrogens with one attached hydrogen (secondary N) is 2. The second-order valence-electron chi connectivity index (χ2n) is 6.09. The van der Waals surface area contributed by atoms with Crippen molar-refractivity contribution in [3.63, 3.8) is 0 Å². The summed E-state index contributed by atoms with van der Waals surface area (Å²) >= 11 is 7.20. The molecule has 0 aliphatic rings. The summed E-state index contributed by atoms with van der Waals surface area (Å²) < 4.78 is 5.27. The van der Waals surface area contributed by atoms with Gasteiger partial charge in [-0.15, -0.1) is 0 Å². The van der Waals surface area contributed by atoms with Crippen LogP contribution in [0.2, 0.25) is 0 Å². The van der Waals surface area contributed by atoms with Crippen LogP contribution in [-0.2, 0) is 4.74 Å². The maximum Gasteiger partial charge on any atom is 0.338 e. The summed E-state index contributed by atoms with van der Waals surface area (Å²) in [6, 6.07) is 5.41. The summed E-state index contributed by atoms with van der Waals surface area (Å²) in [7, 11) is 0. The first-order chi connectivity index (χ1) is 10.7. The van der Waals surface area contributed by atoms with Gasteiger partial charge in [-0.05, 0) is 43.8 Å². The van der Waals surface area contributed by atoms with Gasteiger partial charge in [-0.1, -0.05) is 26.8 Å². The highest BCUT2D eigenvalue weighted by atomic mass is 32.2. The highest BCUT2D eigenvalue weighted by molar-refractivity contribution is 8.00. The van der Waals surface area contributed by atoms with Gasteiger partial charge in [-0.25, -0.2) is 4.79 Å². The number of rotatable bonds is 6. The predicted octanol–water partition coefficient (Wildman–Crippen LogP) is 3.99. The zero-order valence-electron chi connectivity index (χ0n) is 14.5. The van der Waals surface area contributed by atoms with Crippen LogP contribution in [0.4, 0.5) is 5.69 Å². The van der Waals surface area contributed by atoms with Gasteiger partial charge in [0.25, 0.3) is 0 Å². The topological polar surface area (TPSA) is 50.4 Å². The number of ether oxygens (including phenoxy) is 1. The van der Waals surface area contributed by atoms with Crippen molar-refractivity contribution in [2.24, 2.45) is 0 Å². The second kappa shape index (κ2) is 9.13. The Morgan fingerprint density at radius 3 is 2.65 bits per heavy atom. The lowest BCUT2D eigenvalue weighted by molar-refractivity contribution is 0.0526. The fourth-order valence-electron chi connectivity index (χ4n) is 1.79.